The molecular weight excluding hydrogens is 379 g/mol. The summed E-state index contributed by atoms with van der Waals surface area (Å²) in [6, 6.07) is 6.07. The number of nitrogens with one attached hydrogen (secondary N) is 1. The van der Waals surface area contributed by atoms with Crippen LogP contribution in [0.4, 0.5) is 15.8 Å². The van der Waals surface area contributed by atoms with E-state index in [1.54, 1.807) is 23.1 Å². The van der Waals surface area contributed by atoms with Crippen molar-refractivity contribution in [3.05, 3.63) is 22.4 Å². The fourth-order valence-electron chi connectivity index (χ4n) is 2.32. The lowest BCUT2D eigenvalue weighted by molar-refractivity contribution is -0.129. The Balaban J connectivity index is 2.16. The average molecular weight is 393 g/mol. The van der Waals surface area contributed by atoms with E-state index in [4.69, 9.17) is 10.5 Å². The highest BCUT2D eigenvalue weighted by Gasteiger charge is 2.21. The Bertz CT molecular complexity index is 742. The lowest BCUT2D eigenvalue weighted by atomic mass is 10.2. The quantitative estimate of drug-likeness (QED) is 0.627. The zero-order valence-electron chi connectivity index (χ0n) is 12.9. The van der Waals surface area contributed by atoms with Gasteiger partial charge in [0, 0.05) is 43.6 Å². The number of carbonyl (C=O) groups is 1. The van der Waals surface area contributed by atoms with Gasteiger partial charge in [0.15, 0.2) is 0 Å². The van der Waals surface area contributed by atoms with E-state index in [-0.39, 0.29) is 11.6 Å². The maximum absolute atomic E-state index is 14.4. The van der Waals surface area contributed by atoms with E-state index < -0.39 is 5.82 Å². The minimum absolute atomic E-state index is 0.0134. The molecule has 1 aliphatic rings. The van der Waals surface area contributed by atoms with Gasteiger partial charge in [-0.1, -0.05) is 0 Å². The second-order valence-electron chi connectivity index (χ2n) is 5.07. The summed E-state index contributed by atoms with van der Waals surface area (Å²) in [6.07, 6.45) is 0. The molecule has 0 radical (unpaired) electrons. The van der Waals surface area contributed by atoms with E-state index in [1.165, 1.54) is 13.0 Å². The lowest BCUT2D eigenvalue weighted by Crippen LogP contribution is -2.48. The first-order valence-corrected chi connectivity index (χ1v) is 7.89. The van der Waals surface area contributed by atoms with Crippen LogP contribution in [0.15, 0.2) is 21.7 Å². The van der Waals surface area contributed by atoms with Crippen molar-refractivity contribution < 1.29 is 9.18 Å². The normalized spacial score (nSPS) is 13.7. The molecule has 0 bridgehead atoms. The molecular formula is C15H14BrFN6O. The summed E-state index contributed by atoms with van der Waals surface area (Å²) in [5, 5.41) is 20.9. The number of hydrazone groups is 1. The van der Waals surface area contributed by atoms with Crippen molar-refractivity contribution in [2.45, 2.75) is 6.92 Å². The third-order valence-electron chi connectivity index (χ3n) is 3.60. The van der Waals surface area contributed by atoms with E-state index in [0.717, 1.165) is 0 Å². The molecule has 0 atom stereocenters. The van der Waals surface area contributed by atoms with Gasteiger partial charge < -0.3 is 9.80 Å². The van der Waals surface area contributed by atoms with Gasteiger partial charge >= 0.3 is 0 Å². The molecule has 1 aliphatic heterocycles. The predicted molar refractivity (Wildman–Crippen MR) is 90.9 cm³/mol. The number of hydrogen-bond donors (Lipinski definition) is 1. The van der Waals surface area contributed by atoms with Crippen LogP contribution in [0.1, 0.15) is 6.92 Å². The highest BCUT2D eigenvalue weighted by atomic mass is 79.9. The number of nitriles is 2. The van der Waals surface area contributed by atoms with Gasteiger partial charge in [0.25, 0.3) is 0 Å². The number of amides is 1. The standard InChI is InChI=1S/C15H14BrFN6O/c1-10(24)22-2-4-23(5-3-22)15-6-12(16)14(7-13(15)17)21-20-11(8-18)9-19/h6-7,21H,2-5H2,1H3. The number of piperazine rings is 1. The highest BCUT2D eigenvalue weighted by Crippen LogP contribution is 2.31. The molecule has 0 spiro atoms. The molecule has 1 N–H and O–H groups in total. The van der Waals surface area contributed by atoms with Gasteiger partial charge in [0.05, 0.1) is 11.4 Å². The van der Waals surface area contributed by atoms with Crippen LogP contribution in [0.3, 0.4) is 0 Å². The van der Waals surface area contributed by atoms with Crippen molar-refractivity contribution in [1.82, 2.24) is 4.90 Å². The summed E-state index contributed by atoms with van der Waals surface area (Å²) in [7, 11) is 0. The maximum atomic E-state index is 14.4. The second kappa shape index (κ2) is 7.75. The van der Waals surface area contributed by atoms with Crippen molar-refractivity contribution in [3.8, 4) is 12.1 Å². The number of hydrogen-bond acceptors (Lipinski definition) is 6. The molecule has 124 valence electrons. The Morgan fingerprint density at radius 1 is 1.29 bits per heavy atom. The van der Waals surface area contributed by atoms with Gasteiger partial charge in [-0.05, 0) is 22.0 Å². The SMILES string of the molecule is CC(=O)N1CCN(c2cc(Br)c(NN=C(C#N)C#N)cc2F)CC1. The number of halogens is 2. The molecule has 0 unspecified atom stereocenters. The Labute approximate surface area is 147 Å². The van der Waals surface area contributed by atoms with Crippen LogP contribution in [0.25, 0.3) is 0 Å². The zero-order chi connectivity index (χ0) is 17.7. The molecule has 2 rings (SSSR count). The molecule has 1 saturated heterocycles. The van der Waals surface area contributed by atoms with Gasteiger partial charge in [-0.15, -0.1) is 0 Å². The average Bonchev–Trinajstić information content (AvgIpc) is 2.58. The van der Waals surface area contributed by atoms with Crippen LogP contribution in [0.2, 0.25) is 0 Å². The molecule has 1 aromatic rings. The van der Waals surface area contributed by atoms with Crippen LogP contribution in [0.5, 0.6) is 0 Å². The Hall–Kier alpha value is -2.65. The zero-order valence-corrected chi connectivity index (χ0v) is 14.5. The molecule has 0 aliphatic carbocycles. The largest absolute Gasteiger partial charge is 0.366 e. The summed E-state index contributed by atoms with van der Waals surface area (Å²) in [5.74, 6) is -0.442. The summed E-state index contributed by atoms with van der Waals surface area (Å²) in [6.45, 7) is 3.70. The predicted octanol–water partition coefficient (Wildman–Crippen LogP) is 2.07. The summed E-state index contributed by atoms with van der Waals surface area (Å²) < 4.78 is 14.9. The van der Waals surface area contributed by atoms with Crippen LogP contribution >= 0.6 is 15.9 Å². The number of anilines is 2. The van der Waals surface area contributed by atoms with Crippen molar-refractivity contribution in [3.63, 3.8) is 0 Å². The molecule has 9 heteroatoms. The third kappa shape index (κ3) is 4.00. The smallest absolute Gasteiger partial charge is 0.237 e. The van der Waals surface area contributed by atoms with Gasteiger partial charge in [0.2, 0.25) is 11.6 Å². The minimum atomic E-state index is -0.456. The third-order valence-corrected chi connectivity index (χ3v) is 4.26. The fraction of sp³-hybridized carbons (Fsp3) is 0.333. The van der Waals surface area contributed by atoms with Crippen LogP contribution in [0, 0.1) is 28.5 Å². The molecule has 7 nitrogen and oxygen atoms in total. The van der Waals surface area contributed by atoms with Crippen LogP contribution in [-0.4, -0.2) is 42.7 Å². The van der Waals surface area contributed by atoms with Crippen molar-refractivity contribution >= 4 is 38.9 Å². The number of carbonyl (C=O) groups excluding carboxylic acids is 1. The van der Waals surface area contributed by atoms with Crippen molar-refractivity contribution in [2.75, 3.05) is 36.5 Å². The van der Waals surface area contributed by atoms with Crippen molar-refractivity contribution in [1.29, 1.82) is 10.5 Å². The molecule has 0 aromatic heterocycles. The summed E-state index contributed by atoms with van der Waals surface area (Å²) in [4.78, 5) is 14.9. The van der Waals surface area contributed by atoms with Gasteiger partial charge in [-0.2, -0.15) is 15.6 Å². The Morgan fingerprint density at radius 3 is 2.46 bits per heavy atom. The Kier molecular flexibility index (Phi) is 5.72. The number of benzene rings is 1. The van der Waals surface area contributed by atoms with E-state index >= 15 is 0 Å². The molecule has 0 saturated carbocycles. The maximum Gasteiger partial charge on any atom is 0.237 e. The molecule has 1 amide bonds. The monoisotopic (exact) mass is 392 g/mol. The van der Waals surface area contributed by atoms with Crippen molar-refractivity contribution in [2.24, 2.45) is 5.10 Å². The molecule has 1 fully saturated rings. The first kappa shape index (κ1) is 17.7. The van der Waals surface area contributed by atoms with E-state index in [9.17, 15) is 9.18 Å². The van der Waals surface area contributed by atoms with Gasteiger partial charge in [-0.25, -0.2) is 4.39 Å². The van der Waals surface area contributed by atoms with Crippen LogP contribution in [-0.2, 0) is 4.79 Å². The first-order chi connectivity index (χ1) is 11.5. The highest BCUT2D eigenvalue weighted by molar-refractivity contribution is 9.10. The summed E-state index contributed by atoms with van der Waals surface area (Å²) >= 11 is 3.32. The van der Waals surface area contributed by atoms with Gasteiger partial charge in [-0.3, -0.25) is 10.2 Å². The second-order valence-corrected chi connectivity index (χ2v) is 5.93. The first-order valence-electron chi connectivity index (χ1n) is 7.09. The van der Waals surface area contributed by atoms with Crippen LogP contribution < -0.4 is 10.3 Å². The summed E-state index contributed by atoms with van der Waals surface area (Å²) in [5.41, 5.74) is 2.86. The molecule has 1 heterocycles. The number of rotatable bonds is 3. The minimum Gasteiger partial charge on any atom is -0.366 e. The molecule has 1 aromatic carbocycles. The van der Waals surface area contributed by atoms with E-state index in [0.29, 0.717) is 42.0 Å². The van der Waals surface area contributed by atoms with E-state index in [2.05, 4.69) is 26.5 Å². The topological polar surface area (TPSA) is 95.5 Å². The van der Waals surface area contributed by atoms with Gasteiger partial charge in [0.1, 0.15) is 18.0 Å². The van der Waals surface area contributed by atoms with E-state index in [1.807, 2.05) is 4.90 Å². The lowest BCUT2D eigenvalue weighted by Gasteiger charge is -2.35. The fourth-order valence-corrected chi connectivity index (χ4v) is 2.74. The number of nitrogens with zero attached hydrogens (tertiary/aromatic N) is 5. The Morgan fingerprint density at radius 2 is 1.92 bits per heavy atom. The molecule has 24 heavy (non-hydrogen) atoms.